The number of nitrogens with zero attached hydrogens (tertiary/aromatic N) is 1. The molecule has 1 saturated heterocycles. The third-order valence-corrected chi connectivity index (χ3v) is 8.47. The molecule has 0 N–H and O–H groups in total. The summed E-state index contributed by atoms with van der Waals surface area (Å²) in [6.07, 6.45) is 2.51. The summed E-state index contributed by atoms with van der Waals surface area (Å²) in [6, 6.07) is 9.05. The van der Waals surface area contributed by atoms with Crippen LogP contribution in [-0.2, 0) is 10.0 Å². The summed E-state index contributed by atoms with van der Waals surface area (Å²) >= 11 is 4.59. The lowest BCUT2D eigenvalue weighted by molar-refractivity contribution is 0.296. The van der Waals surface area contributed by atoms with E-state index in [4.69, 9.17) is 9.47 Å². The molecule has 1 atom stereocenters. The van der Waals surface area contributed by atoms with Gasteiger partial charge in [-0.1, -0.05) is 6.07 Å². The van der Waals surface area contributed by atoms with E-state index in [0.717, 1.165) is 34.4 Å². The van der Waals surface area contributed by atoms with Crippen molar-refractivity contribution in [1.82, 2.24) is 4.31 Å². The molecule has 1 aromatic heterocycles. The molecule has 4 rings (SSSR count). The van der Waals surface area contributed by atoms with E-state index in [1.807, 2.05) is 18.2 Å². The molecule has 1 unspecified atom stereocenters. The number of rotatable bonds is 3. The van der Waals surface area contributed by atoms with E-state index < -0.39 is 10.0 Å². The normalized spacial score (nSPS) is 21.2. The molecular formula is C17H18BrNO4S2. The predicted octanol–water partition coefficient (Wildman–Crippen LogP) is 4.20. The van der Waals surface area contributed by atoms with Gasteiger partial charge in [0.15, 0.2) is 11.5 Å². The smallest absolute Gasteiger partial charge is 0.253 e. The van der Waals surface area contributed by atoms with E-state index in [0.29, 0.717) is 29.7 Å². The maximum absolute atomic E-state index is 13.0. The Morgan fingerprint density at radius 1 is 1.08 bits per heavy atom. The minimum Gasteiger partial charge on any atom is -0.490 e. The van der Waals surface area contributed by atoms with Gasteiger partial charge >= 0.3 is 0 Å². The van der Waals surface area contributed by atoms with E-state index >= 15 is 0 Å². The number of hydrogen-bond acceptors (Lipinski definition) is 5. The van der Waals surface area contributed by atoms with Gasteiger partial charge in [-0.25, -0.2) is 8.42 Å². The van der Waals surface area contributed by atoms with Gasteiger partial charge in [0.25, 0.3) is 10.0 Å². The van der Waals surface area contributed by atoms with Crippen molar-refractivity contribution >= 4 is 37.3 Å². The van der Waals surface area contributed by atoms with Crippen LogP contribution >= 0.6 is 27.3 Å². The van der Waals surface area contributed by atoms with Crippen molar-refractivity contribution in [1.29, 1.82) is 0 Å². The van der Waals surface area contributed by atoms with Gasteiger partial charge in [-0.05, 0) is 58.6 Å². The molecule has 0 saturated carbocycles. The van der Waals surface area contributed by atoms with Crippen LogP contribution < -0.4 is 9.47 Å². The second-order valence-corrected chi connectivity index (χ2v) is 10.7. The van der Waals surface area contributed by atoms with Gasteiger partial charge in [-0.3, -0.25) is 0 Å². The van der Waals surface area contributed by atoms with Crippen LogP contribution in [0.2, 0.25) is 0 Å². The van der Waals surface area contributed by atoms with Gasteiger partial charge < -0.3 is 9.47 Å². The van der Waals surface area contributed by atoms with Gasteiger partial charge in [-0.15, -0.1) is 11.3 Å². The maximum Gasteiger partial charge on any atom is 0.253 e. The highest BCUT2D eigenvalue weighted by atomic mass is 79.9. The number of benzene rings is 1. The van der Waals surface area contributed by atoms with E-state index in [9.17, 15) is 8.42 Å². The first-order chi connectivity index (χ1) is 12.1. The summed E-state index contributed by atoms with van der Waals surface area (Å²) in [5.41, 5.74) is 0.959. The van der Waals surface area contributed by atoms with Crippen molar-refractivity contribution in [2.75, 3.05) is 19.8 Å². The zero-order valence-corrected chi connectivity index (χ0v) is 16.7. The Bertz CT molecular complexity index is 881. The molecule has 5 nitrogen and oxygen atoms in total. The highest BCUT2D eigenvalue weighted by molar-refractivity contribution is 9.11. The molecule has 0 aliphatic carbocycles. The SMILES string of the molecule is O=S(=O)(c1ccc(Br)s1)N1CCCC1c1ccc2c(c1)OCCCO2. The number of halogens is 1. The Balaban J connectivity index is 1.67. The molecule has 2 aliphatic heterocycles. The van der Waals surface area contributed by atoms with Crippen molar-refractivity contribution in [3.05, 3.63) is 39.7 Å². The van der Waals surface area contributed by atoms with Crippen LogP contribution in [0.3, 0.4) is 0 Å². The summed E-state index contributed by atoms with van der Waals surface area (Å²) in [5, 5.41) is 0. The molecule has 2 aromatic rings. The first kappa shape index (κ1) is 17.3. The number of sulfonamides is 1. The minimum atomic E-state index is -3.49. The van der Waals surface area contributed by atoms with Crippen LogP contribution in [0.1, 0.15) is 30.9 Å². The second kappa shape index (κ2) is 6.90. The molecular weight excluding hydrogens is 426 g/mol. The van der Waals surface area contributed by atoms with Crippen molar-refractivity contribution < 1.29 is 17.9 Å². The van der Waals surface area contributed by atoms with E-state index in [-0.39, 0.29) is 6.04 Å². The fourth-order valence-electron chi connectivity index (χ4n) is 3.30. The Kier molecular flexibility index (Phi) is 4.79. The lowest BCUT2D eigenvalue weighted by Crippen LogP contribution is -2.30. The Hall–Kier alpha value is -1.09. The largest absolute Gasteiger partial charge is 0.490 e. The van der Waals surface area contributed by atoms with Gasteiger partial charge in [-0.2, -0.15) is 4.31 Å². The maximum atomic E-state index is 13.0. The highest BCUT2D eigenvalue weighted by Crippen LogP contribution is 2.41. The summed E-state index contributed by atoms with van der Waals surface area (Å²) in [4.78, 5) is 0. The topological polar surface area (TPSA) is 55.8 Å². The van der Waals surface area contributed by atoms with Gasteiger partial charge in [0.1, 0.15) is 4.21 Å². The minimum absolute atomic E-state index is 0.164. The Morgan fingerprint density at radius 2 is 1.88 bits per heavy atom. The number of fused-ring (bicyclic) bond motifs is 1. The number of ether oxygens (including phenoxy) is 2. The average molecular weight is 444 g/mol. The van der Waals surface area contributed by atoms with Crippen LogP contribution in [0.5, 0.6) is 11.5 Å². The first-order valence-corrected chi connectivity index (χ1v) is 11.3. The number of hydrogen-bond donors (Lipinski definition) is 0. The van der Waals surface area contributed by atoms with Crippen molar-refractivity contribution in [3.8, 4) is 11.5 Å². The number of thiophene rings is 1. The molecule has 1 aromatic carbocycles. The molecule has 1 fully saturated rings. The van der Waals surface area contributed by atoms with Crippen molar-refractivity contribution in [2.45, 2.75) is 29.5 Å². The molecule has 3 heterocycles. The Morgan fingerprint density at radius 3 is 2.64 bits per heavy atom. The van der Waals surface area contributed by atoms with E-state index in [2.05, 4.69) is 15.9 Å². The average Bonchev–Trinajstić information content (AvgIpc) is 3.19. The third kappa shape index (κ3) is 3.32. The molecule has 0 bridgehead atoms. The third-order valence-electron chi connectivity index (χ3n) is 4.47. The molecule has 8 heteroatoms. The van der Waals surface area contributed by atoms with Crippen LogP contribution in [-0.4, -0.2) is 32.5 Å². The summed E-state index contributed by atoms with van der Waals surface area (Å²) < 4.78 is 40.3. The molecule has 2 aliphatic rings. The molecule has 0 amide bonds. The van der Waals surface area contributed by atoms with Crippen LogP contribution in [0.15, 0.2) is 38.3 Å². The monoisotopic (exact) mass is 443 g/mol. The fraction of sp³-hybridized carbons (Fsp3) is 0.412. The Labute approximate surface area is 159 Å². The van der Waals surface area contributed by atoms with Crippen LogP contribution in [0.4, 0.5) is 0 Å². The molecule has 0 radical (unpaired) electrons. The quantitative estimate of drug-likeness (QED) is 0.712. The van der Waals surface area contributed by atoms with Crippen LogP contribution in [0, 0.1) is 0 Å². The lowest BCUT2D eigenvalue weighted by atomic mass is 10.0. The summed E-state index contributed by atoms with van der Waals surface area (Å²) in [5.74, 6) is 1.44. The zero-order valence-electron chi connectivity index (χ0n) is 13.5. The predicted molar refractivity (Wildman–Crippen MR) is 99.9 cm³/mol. The highest BCUT2D eigenvalue weighted by Gasteiger charge is 2.37. The first-order valence-electron chi connectivity index (χ1n) is 8.22. The lowest BCUT2D eigenvalue weighted by Gasteiger charge is -2.24. The van der Waals surface area contributed by atoms with Gasteiger partial charge in [0, 0.05) is 13.0 Å². The van der Waals surface area contributed by atoms with E-state index in [1.165, 1.54) is 11.3 Å². The van der Waals surface area contributed by atoms with Crippen molar-refractivity contribution in [2.24, 2.45) is 0 Å². The zero-order chi connectivity index (χ0) is 17.4. The standard InChI is InChI=1S/C17H18BrNO4S2/c18-16-6-7-17(24-16)25(20,21)19-8-1-3-13(19)12-4-5-14-15(11-12)23-10-2-9-22-14/h4-7,11,13H,1-3,8-10H2. The van der Waals surface area contributed by atoms with Gasteiger partial charge in [0.05, 0.1) is 23.0 Å². The van der Waals surface area contributed by atoms with E-state index in [1.54, 1.807) is 16.4 Å². The summed E-state index contributed by atoms with van der Waals surface area (Å²) in [6.45, 7) is 1.80. The van der Waals surface area contributed by atoms with Gasteiger partial charge in [0.2, 0.25) is 0 Å². The molecule has 0 spiro atoms. The van der Waals surface area contributed by atoms with Crippen molar-refractivity contribution in [3.63, 3.8) is 0 Å². The summed E-state index contributed by atoms with van der Waals surface area (Å²) in [7, 11) is -3.49. The molecule has 25 heavy (non-hydrogen) atoms. The molecule has 134 valence electrons. The fourth-order valence-corrected chi connectivity index (χ4v) is 7.12. The second-order valence-electron chi connectivity index (χ2n) is 6.09. The van der Waals surface area contributed by atoms with Crippen LogP contribution in [0.25, 0.3) is 0 Å².